The number of nitrogens with zero attached hydrogens (tertiary/aromatic N) is 2. The van der Waals surface area contributed by atoms with E-state index in [1.54, 1.807) is 11.0 Å². The zero-order valence-corrected chi connectivity index (χ0v) is 40.1. The third-order valence-corrected chi connectivity index (χ3v) is 13.9. The summed E-state index contributed by atoms with van der Waals surface area (Å²) in [6.45, 7) is 4.73. The van der Waals surface area contributed by atoms with Crippen LogP contribution in [0, 0.1) is 17.8 Å². The molecule has 2 heterocycles. The first-order chi connectivity index (χ1) is 34.4. The molecule has 5 aromatic carbocycles. The standard InChI is InChI=1S/C57H61ClN2O10/c1-2-30-67-57-53(60(56(63)64-31-27-58)36-40-19-25-51-52(32-40)66-38-65-51)35-49(59-68-37-39-13-5-3-6-14-39)47-33-43(17-9-11-28-61)46(18-10-12-29-62)54(55(47)57)48-34-45(24-26-50(48)70-57)69-44-22-20-42(21-23-44)41-15-7-4-8-16-41/h2-8,13-16,19-26,32-34,43,46,53-55,61-62H,1,9-12,17-18,27-31,35-38H2/t43-,46+,53-,54+,55+,57+/m0/s1. The minimum Gasteiger partial charge on any atom is -0.459 e. The number of carbonyl (C=O) groups excluding carboxylic acids is 1. The molecule has 2 N–H and O–H groups in total. The zero-order chi connectivity index (χ0) is 48.3. The molecule has 13 heteroatoms. The van der Waals surface area contributed by atoms with E-state index >= 15 is 0 Å². The van der Waals surface area contributed by atoms with Crippen LogP contribution in [0.4, 0.5) is 4.79 Å². The molecule has 0 saturated heterocycles. The van der Waals surface area contributed by atoms with Crippen LogP contribution in [0.1, 0.15) is 67.6 Å². The second kappa shape index (κ2) is 23.1. The summed E-state index contributed by atoms with van der Waals surface area (Å²) in [5.74, 6) is 0.912. The van der Waals surface area contributed by atoms with E-state index in [1.165, 1.54) is 0 Å². The molecular formula is C57H61ClN2O10. The normalized spacial score (nSPS) is 22.2. The van der Waals surface area contributed by atoms with Gasteiger partial charge in [0.1, 0.15) is 36.5 Å². The van der Waals surface area contributed by atoms with Crippen LogP contribution < -0.4 is 18.9 Å². The van der Waals surface area contributed by atoms with Crippen LogP contribution in [-0.2, 0) is 27.5 Å². The van der Waals surface area contributed by atoms with Crippen LogP contribution in [0.25, 0.3) is 11.1 Å². The fraction of sp³-hybridized carbons (Fsp3) is 0.368. The molecule has 6 atom stereocenters. The van der Waals surface area contributed by atoms with Gasteiger partial charge in [0.15, 0.2) is 11.5 Å². The molecule has 0 aromatic heterocycles. The number of aliphatic hydroxyl groups excluding tert-OH is 2. The van der Waals surface area contributed by atoms with Gasteiger partial charge in [-0.1, -0.05) is 109 Å². The third-order valence-electron chi connectivity index (χ3n) is 13.8. The highest BCUT2D eigenvalue weighted by Gasteiger charge is 2.65. The molecule has 2 aliphatic carbocycles. The maximum absolute atomic E-state index is 14.8. The minimum atomic E-state index is -1.52. The monoisotopic (exact) mass is 968 g/mol. The number of hydrogen-bond acceptors (Lipinski definition) is 11. The van der Waals surface area contributed by atoms with Crippen LogP contribution in [0.2, 0.25) is 0 Å². The number of hydrogen-bond donors (Lipinski definition) is 2. The highest BCUT2D eigenvalue weighted by Crippen LogP contribution is 2.62. The Morgan fingerprint density at radius 3 is 2.29 bits per heavy atom. The van der Waals surface area contributed by atoms with Crippen LogP contribution in [0.15, 0.2) is 151 Å². The summed E-state index contributed by atoms with van der Waals surface area (Å²) in [5.41, 5.74) is 6.43. The van der Waals surface area contributed by atoms with Gasteiger partial charge in [-0.25, -0.2) is 4.79 Å². The molecule has 5 aromatic rings. The molecule has 0 radical (unpaired) electrons. The lowest BCUT2D eigenvalue weighted by Gasteiger charge is -2.59. The number of oxime groups is 1. The van der Waals surface area contributed by atoms with E-state index in [0.29, 0.717) is 47.3 Å². The summed E-state index contributed by atoms with van der Waals surface area (Å²) >= 11 is 6.17. The van der Waals surface area contributed by atoms with Crippen LogP contribution in [-0.4, -0.2) is 77.8 Å². The number of alkyl halides is 1. The lowest BCUT2D eigenvalue weighted by atomic mass is 9.55. The second-order valence-corrected chi connectivity index (χ2v) is 18.5. The van der Waals surface area contributed by atoms with Crippen molar-refractivity contribution >= 4 is 23.4 Å². The Bertz CT molecular complexity index is 2610. The Labute approximate surface area is 415 Å². The SMILES string of the molecule is C=CCO[C@@]12Oc3ccc(Oc4ccc(-c5ccccc5)cc4)cc3[C@H]3[C@H](CCCCO)[C@@H](CCCCO)C=C(C(=NOCc4ccccc4)C[C@@H]1N(Cc1ccc4c(c1)OCO4)C(=O)OCCCl)[C@H]32. The first kappa shape index (κ1) is 48.7. The quantitative estimate of drug-likeness (QED) is 0.0298. The molecular weight excluding hydrogens is 908 g/mol. The van der Waals surface area contributed by atoms with Gasteiger partial charge in [0.05, 0.1) is 24.1 Å². The van der Waals surface area contributed by atoms with Crippen molar-refractivity contribution in [1.82, 2.24) is 4.90 Å². The van der Waals surface area contributed by atoms with Crippen molar-refractivity contribution in [2.24, 2.45) is 22.9 Å². The number of amides is 1. The summed E-state index contributed by atoms with van der Waals surface area (Å²) in [6.07, 6.45) is 8.05. The first-order valence-corrected chi connectivity index (χ1v) is 24.9. The van der Waals surface area contributed by atoms with E-state index < -0.39 is 23.8 Å². The maximum atomic E-state index is 14.8. The number of fused-ring (bicyclic) bond motifs is 3. The van der Waals surface area contributed by atoms with Gasteiger partial charge in [0, 0.05) is 37.7 Å². The molecule has 12 nitrogen and oxygen atoms in total. The molecule has 366 valence electrons. The summed E-state index contributed by atoms with van der Waals surface area (Å²) in [5, 5.41) is 25.1. The fourth-order valence-corrected chi connectivity index (χ4v) is 10.8. The minimum absolute atomic E-state index is 0.00417. The Morgan fingerprint density at radius 2 is 1.53 bits per heavy atom. The number of rotatable bonds is 22. The number of halogens is 1. The van der Waals surface area contributed by atoms with Crippen molar-refractivity contribution in [2.45, 2.75) is 75.8 Å². The van der Waals surface area contributed by atoms with E-state index in [2.05, 4.69) is 43.0 Å². The lowest BCUT2D eigenvalue weighted by Crippen LogP contribution is -2.70. The first-order valence-electron chi connectivity index (χ1n) is 24.4. The van der Waals surface area contributed by atoms with Crippen molar-refractivity contribution < 1.29 is 48.3 Å². The van der Waals surface area contributed by atoms with E-state index in [0.717, 1.165) is 59.1 Å². The molecule has 1 saturated carbocycles. The smallest absolute Gasteiger partial charge is 0.410 e. The Balaban J connectivity index is 1.21. The number of benzene rings is 5. The number of carbonyl (C=O) groups is 1. The van der Waals surface area contributed by atoms with Crippen LogP contribution in [0.5, 0.6) is 28.7 Å². The Kier molecular flexibility index (Phi) is 16.1. The molecule has 0 unspecified atom stereocenters. The van der Waals surface area contributed by atoms with Crippen LogP contribution >= 0.6 is 11.6 Å². The van der Waals surface area contributed by atoms with Crippen molar-refractivity contribution in [3.05, 3.63) is 162 Å². The van der Waals surface area contributed by atoms with Gasteiger partial charge in [-0.3, -0.25) is 4.90 Å². The average Bonchev–Trinajstić information content (AvgIpc) is 3.87. The summed E-state index contributed by atoms with van der Waals surface area (Å²) < 4.78 is 38.7. The van der Waals surface area contributed by atoms with Gasteiger partial charge < -0.3 is 43.5 Å². The molecule has 1 amide bonds. The third kappa shape index (κ3) is 10.7. The van der Waals surface area contributed by atoms with Crippen molar-refractivity contribution in [3.8, 4) is 39.9 Å². The van der Waals surface area contributed by atoms with E-state index in [9.17, 15) is 15.0 Å². The number of aliphatic hydroxyl groups is 2. The zero-order valence-electron chi connectivity index (χ0n) is 39.3. The number of allylic oxidation sites excluding steroid dienone is 1. The summed E-state index contributed by atoms with van der Waals surface area (Å²) in [7, 11) is 0. The number of unbranched alkanes of at least 4 members (excludes halogenated alkanes) is 2. The van der Waals surface area contributed by atoms with Gasteiger partial charge >= 0.3 is 6.09 Å². The van der Waals surface area contributed by atoms with Crippen molar-refractivity contribution in [2.75, 3.05) is 39.1 Å². The number of ether oxygens (including phenoxy) is 6. The Morgan fingerprint density at radius 1 is 0.814 bits per heavy atom. The highest BCUT2D eigenvalue weighted by molar-refractivity contribution is 6.18. The van der Waals surface area contributed by atoms with Gasteiger partial charge in [-0.2, -0.15) is 0 Å². The fourth-order valence-electron chi connectivity index (χ4n) is 10.7. The van der Waals surface area contributed by atoms with E-state index in [4.69, 9.17) is 50.0 Å². The molecule has 9 rings (SSSR count). The van der Waals surface area contributed by atoms with Gasteiger partial charge in [0.2, 0.25) is 12.6 Å². The largest absolute Gasteiger partial charge is 0.459 e. The summed E-state index contributed by atoms with van der Waals surface area (Å²) in [6, 6.07) is 38.9. The van der Waals surface area contributed by atoms with Gasteiger partial charge in [0.25, 0.3) is 0 Å². The Hall–Kier alpha value is -6.31. The highest BCUT2D eigenvalue weighted by atomic mass is 35.5. The van der Waals surface area contributed by atoms with E-state index in [-0.39, 0.29) is 76.4 Å². The molecule has 0 spiro atoms. The topological polar surface area (TPSA) is 138 Å². The summed E-state index contributed by atoms with van der Waals surface area (Å²) in [4.78, 5) is 22.8. The van der Waals surface area contributed by atoms with Crippen LogP contribution in [0.3, 0.4) is 0 Å². The molecule has 4 aliphatic rings. The predicted molar refractivity (Wildman–Crippen MR) is 268 cm³/mol. The predicted octanol–water partition coefficient (Wildman–Crippen LogP) is 11.6. The van der Waals surface area contributed by atoms with Crippen molar-refractivity contribution in [3.63, 3.8) is 0 Å². The van der Waals surface area contributed by atoms with Gasteiger partial charge in [-0.05, 0) is 108 Å². The van der Waals surface area contributed by atoms with Crippen molar-refractivity contribution in [1.29, 1.82) is 0 Å². The van der Waals surface area contributed by atoms with E-state index in [1.807, 2.05) is 91.0 Å². The van der Waals surface area contributed by atoms with Gasteiger partial charge in [-0.15, -0.1) is 18.2 Å². The molecule has 1 fully saturated rings. The molecule has 70 heavy (non-hydrogen) atoms. The average molecular weight is 970 g/mol. The maximum Gasteiger partial charge on any atom is 0.410 e. The second-order valence-electron chi connectivity index (χ2n) is 18.1. The molecule has 2 aliphatic heterocycles. The lowest BCUT2D eigenvalue weighted by molar-refractivity contribution is -0.256. The molecule has 0 bridgehead atoms.